The van der Waals surface area contributed by atoms with Gasteiger partial charge in [-0.05, 0) is 44.1 Å². The van der Waals surface area contributed by atoms with Crippen LogP contribution in [-0.4, -0.2) is 33.8 Å². The van der Waals surface area contributed by atoms with Crippen LogP contribution in [0.3, 0.4) is 0 Å². The molecule has 1 saturated carbocycles. The molecule has 1 aliphatic carbocycles. The maximum atomic E-state index is 5.49. The molecule has 0 aliphatic heterocycles. The number of para-hydroxylation sites is 1. The Hall–Kier alpha value is -2.01. The standard InChI is InChI=1S/C19H24N4S/c1-14(17-13-12-15-8-6-7-11-18(15)20-17)21-22-19(24)23(2)16-9-4-3-5-10-16/h6-8,11-13,16H,3-5,9-10H2,1-2H3,(H,22,24). The smallest absolute Gasteiger partial charge is 0.189 e. The zero-order valence-corrected chi connectivity index (χ0v) is 15.1. The van der Waals surface area contributed by atoms with Crippen LogP contribution in [0.25, 0.3) is 10.9 Å². The quantitative estimate of drug-likeness (QED) is 0.519. The third-order valence-corrected chi connectivity index (χ3v) is 5.11. The van der Waals surface area contributed by atoms with Crippen LogP contribution in [0.2, 0.25) is 0 Å². The molecule has 1 heterocycles. The van der Waals surface area contributed by atoms with Gasteiger partial charge in [0.1, 0.15) is 0 Å². The molecule has 0 unspecified atom stereocenters. The van der Waals surface area contributed by atoms with Crippen LogP contribution in [0.4, 0.5) is 0 Å². The average Bonchev–Trinajstić information content (AvgIpc) is 2.65. The van der Waals surface area contributed by atoms with Gasteiger partial charge in [-0.15, -0.1) is 0 Å². The number of aromatic nitrogens is 1. The first-order valence-corrected chi connectivity index (χ1v) is 8.99. The van der Waals surface area contributed by atoms with Crippen molar-refractivity contribution in [2.24, 2.45) is 5.10 Å². The van der Waals surface area contributed by atoms with E-state index in [0.29, 0.717) is 11.2 Å². The highest BCUT2D eigenvalue weighted by Gasteiger charge is 2.19. The summed E-state index contributed by atoms with van der Waals surface area (Å²) in [7, 11) is 2.06. The molecule has 5 heteroatoms. The van der Waals surface area contributed by atoms with Gasteiger partial charge in [0.15, 0.2) is 5.11 Å². The summed E-state index contributed by atoms with van der Waals surface area (Å²) in [5.41, 5.74) is 5.71. The molecular weight excluding hydrogens is 316 g/mol. The molecule has 1 aromatic carbocycles. The average molecular weight is 340 g/mol. The van der Waals surface area contributed by atoms with Crippen molar-refractivity contribution in [3.05, 3.63) is 42.1 Å². The van der Waals surface area contributed by atoms with Crippen molar-refractivity contribution >= 4 is 33.9 Å². The van der Waals surface area contributed by atoms with Crippen molar-refractivity contribution in [3.8, 4) is 0 Å². The zero-order chi connectivity index (χ0) is 16.9. The van der Waals surface area contributed by atoms with E-state index in [1.807, 2.05) is 31.2 Å². The van der Waals surface area contributed by atoms with Crippen LogP contribution in [-0.2, 0) is 0 Å². The van der Waals surface area contributed by atoms with E-state index in [-0.39, 0.29) is 0 Å². The fraction of sp³-hybridized carbons (Fsp3) is 0.421. The highest BCUT2D eigenvalue weighted by molar-refractivity contribution is 7.80. The predicted octanol–water partition coefficient (Wildman–Crippen LogP) is 4.10. The van der Waals surface area contributed by atoms with E-state index in [4.69, 9.17) is 12.2 Å². The molecule has 0 amide bonds. The SMILES string of the molecule is CC(=NNC(=S)N(C)C1CCCCC1)c1ccc2ccccc2n1. The summed E-state index contributed by atoms with van der Waals surface area (Å²) in [6.45, 7) is 1.95. The summed E-state index contributed by atoms with van der Waals surface area (Å²) in [5, 5.41) is 6.25. The number of thiocarbonyl (C=S) groups is 1. The lowest BCUT2D eigenvalue weighted by molar-refractivity contribution is 0.276. The number of hydrogen-bond donors (Lipinski definition) is 1. The third kappa shape index (κ3) is 3.90. The van der Waals surface area contributed by atoms with Crippen molar-refractivity contribution in [3.63, 3.8) is 0 Å². The molecule has 126 valence electrons. The Morgan fingerprint density at radius 2 is 1.92 bits per heavy atom. The Kier molecular flexibility index (Phi) is 5.41. The largest absolute Gasteiger partial charge is 0.348 e. The van der Waals surface area contributed by atoms with Gasteiger partial charge in [0.25, 0.3) is 0 Å². The van der Waals surface area contributed by atoms with E-state index >= 15 is 0 Å². The summed E-state index contributed by atoms with van der Waals surface area (Å²) in [5.74, 6) is 0. The Morgan fingerprint density at radius 3 is 2.71 bits per heavy atom. The van der Waals surface area contributed by atoms with Crippen LogP contribution in [0.5, 0.6) is 0 Å². The van der Waals surface area contributed by atoms with E-state index in [1.165, 1.54) is 32.1 Å². The van der Waals surface area contributed by atoms with Crippen molar-refractivity contribution in [2.45, 2.75) is 45.1 Å². The fourth-order valence-electron chi connectivity index (χ4n) is 3.17. The first kappa shape index (κ1) is 16.8. The van der Waals surface area contributed by atoms with Gasteiger partial charge in [0, 0.05) is 18.5 Å². The first-order valence-electron chi connectivity index (χ1n) is 8.58. The Morgan fingerprint density at radius 1 is 1.17 bits per heavy atom. The van der Waals surface area contributed by atoms with Crippen LogP contribution in [0.15, 0.2) is 41.5 Å². The number of hydrogen-bond acceptors (Lipinski definition) is 3. The molecule has 24 heavy (non-hydrogen) atoms. The fourth-order valence-corrected chi connectivity index (χ4v) is 3.36. The minimum atomic E-state index is 0.535. The predicted molar refractivity (Wildman–Crippen MR) is 104 cm³/mol. The minimum Gasteiger partial charge on any atom is -0.348 e. The van der Waals surface area contributed by atoms with Crippen molar-refractivity contribution in [1.82, 2.24) is 15.3 Å². The molecule has 3 rings (SSSR count). The van der Waals surface area contributed by atoms with Crippen LogP contribution >= 0.6 is 12.2 Å². The maximum absolute atomic E-state index is 5.49. The second-order valence-corrected chi connectivity index (χ2v) is 6.79. The summed E-state index contributed by atoms with van der Waals surface area (Å²) >= 11 is 5.49. The highest BCUT2D eigenvalue weighted by Crippen LogP contribution is 2.21. The van der Waals surface area contributed by atoms with Gasteiger partial charge in [-0.25, -0.2) is 4.98 Å². The van der Waals surface area contributed by atoms with Crippen molar-refractivity contribution in [1.29, 1.82) is 0 Å². The lowest BCUT2D eigenvalue weighted by Gasteiger charge is -2.32. The Labute approximate surface area is 149 Å². The normalized spacial score (nSPS) is 16.2. The van der Waals surface area contributed by atoms with Gasteiger partial charge in [-0.2, -0.15) is 5.10 Å². The number of rotatable bonds is 3. The number of nitrogens with zero attached hydrogens (tertiary/aromatic N) is 3. The van der Waals surface area contributed by atoms with Gasteiger partial charge in [-0.3, -0.25) is 5.43 Å². The lowest BCUT2D eigenvalue weighted by Crippen LogP contribution is -2.42. The molecule has 0 atom stereocenters. The molecule has 0 saturated heterocycles. The lowest BCUT2D eigenvalue weighted by atomic mass is 9.95. The number of nitrogens with one attached hydrogen (secondary N) is 1. The Bertz CT molecular complexity index is 750. The summed E-state index contributed by atoms with van der Waals surface area (Å²) in [4.78, 5) is 6.81. The molecule has 1 aliphatic rings. The topological polar surface area (TPSA) is 40.5 Å². The van der Waals surface area contributed by atoms with Gasteiger partial charge in [-0.1, -0.05) is 43.5 Å². The first-order chi connectivity index (χ1) is 11.6. The van der Waals surface area contributed by atoms with Gasteiger partial charge in [0.2, 0.25) is 0 Å². The number of benzene rings is 1. The second kappa shape index (κ2) is 7.71. The summed E-state index contributed by atoms with van der Waals surface area (Å²) in [6, 6.07) is 12.7. The number of pyridine rings is 1. The van der Waals surface area contributed by atoms with E-state index in [9.17, 15) is 0 Å². The van der Waals surface area contributed by atoms with Gasteiger partial charge >= 0.3 is 0 Å². The van der Waals surface area contributed by atoms with Crippen LogP contribution in [0, 0.1) is 0 Å². The molecule has 0 spiro atoms. The monoisotopic (exact) mass is 340 g/mol. The van der Waals surface area contributed by atoms with E-state index < -0.39 is 0 Å². The van der Waals surface area contributed by atoms with Crippen molar-refractivity contribution < 1.29 is 0 Å². The number of fused-ring (bicyclic) bond motifs is 1. The zero-order valence-electron chi connectivity index (χ0n) is 14.3. The molecule has 0 bridgehead atoms. The Balaban J connectivity index is 1.66. The molecule has 1 fully saturated rings. The molecule has 4 nitrogen and oxygen atoms in total. The second-order valence-electron chi connectivity index (χ2n) is 6.41. The van der Waals surface area contributed by atoms with Crippen LogP contribution < -0.4 is 5.43 Å². The highest BCUT2D eigenvalue weighted by atomic mass is 32.1. The molecule has 0 radical (unpaired) electrons. The van der Waals surface area contributed by atoms with E-state index in [0.717, 1.165) is 22.3 Å². The molecule has 1 N–H and O–H groups in total. The van der Waals surface area contributed by atoms with Crippen LogP contribution in [0.1, 0.15) is 44.7 Å². The maximum Gasteiger partial charge on any atom is 0.189 e. The summed E-state index contributed by atoms with van der Waals surface area (Å²) in [6.07, 6.45) is 6.36. The molecule has 2 aromatic rings. The molecular formula is C19H24N4S. The van der Waals surface area contributed by atoms with E-state index in [1.54, 1.807) is 0 Å². The number of hydrazone groups is 1. The summed E-state index contributed by atoms with van der Waals surface area (Å²) < 4.78 is 0. The van der Waals surface area contributed by atoms with E-state index in [2.05, 4.69) is 39.6 Å². The van der Waals surface area contributed by atoms with Gasteiger partial charge < -0.3 is 4.90 Å². The minimum absolute atomic E-state index is 0.535. The van der Waals surface area contributed by atoms with Gasteiger partial charge in [0.05, 0.1) is 16.9 Å². The molecule has 1 aromatic heterocycles. The third-order valence-electron chi connectivity index (χ3n) is 4.73. The van der Waals surface area contributed by atoms with Crippen molar-refractivity contribution in [2.75, 3.05) is 7.05 Å².